The molecule has 1 atom stereocenters. The molecule has 1 aromatic carbocycles. The molecule has 1 aliphatic rings. The highest BCUT2D eigenvalue weighted by atomic mass is 19.1. The van der Waals surface area contributed by atoms with Crippen LogP contribution in [0.25, 0.3) is 0 Å². The van der Waals surface area contributed by atoms with Gasteiger partial charge in [0.25, 0.3) is 0 Å². The number of aromatic nitrogens is 4. The fourth-order valence-electron chi connectivity index (χ4n) is 3.29. The monoisotopic (exact) mass is 353 g/mol. The van der Waals surface area contributed by atoms with Crippen molar-refractivity contribution in [1.29, 1.82) is 0 Å². The molecule has 0 amide bonds. The van der Waals surface area contributed by atoms with E-state index in [0.29, 0.717) is 5.88 Å². The predicted octanol–water partition coefficient (Wildman–Crippen LogP) is 3.51. The Kier molecular flexibility index (Phi) is 4.88. The second-order valence-electron chi connectivity index (χ2n) is 6.42. The lowest BCUT2D eigenvalue weighted by Gasteiger charge is -2.31. The normalized spacial score (nSPS) is 18.0. The molecule has 7 heteroatoms. The third kappa shape index (κ3) is 3.88. The van der Waals surface area contributed by atoms with E-state index in [-0.39, 0.29) is 11.7 Å². The van der Waals surface area contributed by atoms with Crippen LogP contribution in [-0.4, -0.2) is 37.9 Å². The molecule has 4 rings (SSSR count). The quantitative estimate of drug-likeness (QED) is 0.760. The van der Waals surface area contributed by atoms with E-state index in [0.717, 1.165) is 44.0 Å². The first-order valence-corrected chi connectivity index (χ1v) is 8.73. The van der Waals surface area contributed by atoms with Crippen molar-refractivity contribution in [1.82, 2.24) is 24.8 Å². The summed E-state index contributed by atoms with van der Waals surface area (Å²) in [6, 6.07) is 6.29. The highest BCUT2D eigenvalue weighted by Crippen LogP contribution is 2.28. The third-order valence-corrected chi connectivity index (χ3v) is 4.53. The van der Waals surface area contributed by atoms with Gasteiger partial charge >= 0.3 is 0 Å². The van der Waals surface area contributed by atoms with Gasteiger partial charge in [-0.1, -0.05) is 12.1 Å². The average molecular weight is 353 g/mol. The summed E-state index contributed by atoms with van der Waals surface area (Å²) in [7, 11) is 0. The predicted molar refractivity (Wildman–Crippen MR) is 94.3 cm³/mol. The Morgan fingerprint density at radius 2 is 2.19 bits per heavy atom. The van der Waals surface area contributed by atoms with E-state index < -0.39 is 5.82 Å². The maximum atomic E-state index is 13.8. The van der Waals surface area contributed by atoms with Crippen LogP contribution in [0.2, 0.25) is 0 Å². The summed E-state index contributed by atoms with van der Waals surface area (Å²) in [6.07, 6.45) is 9.03. The van der Waals surface area contributed by atoms with Crippen LogP contribution in [0, 0.1) is 5.82 Å². The van der Waals surface area contributed by atoms with E-state index in [2.05, 4.69) is 24.8 Å². The van der Waals surface area contributed by atoms with E-state index in [1.54, 1.807) is 30.6 Å². The van der Waals surface area contributed by atoms with Crippen LogP contribution >= 0.6 is 0 Å². The number of likely N-dealkylation sites (tertiary alicyclic amines) is 1. The zero-order chi connectivity index (χ0) is 17.8. The van der Waals surface area contributed by atoms with E-state index in [4.69, 9.17) is 4.74 Å². The van der Waals surface area contributed by atoms with Gasteiger partial charge < -0.3 is 9.72 Å². The van der Waals surface area contributed by atoms with Crippen LogP contribution in [0.5, 0.6) is 11.6 Å². The Hall–Kier alpha value is -2.80. The summed E-state index contributed by atoms with van der Waals surface area (Å²) in [5.74, 6) is 1.29. The van der Waals surface area contributed by atoms with Crippen molar-refractivity contribution < 1.29 is 9.13 Å². The molecule has 0 radical (unpaired) electrons. The molecule has 1 fully saturated rings. The van der Waals surface area contributed by atoms with Crippen LogP contribution in [0.3, 0.4) is 0 Å². The number of H-pyrrole nitrogens is 1. The molecule has 0 aliphatic carbocycles. The molecule has 1 N–H and O–H groups in total. The minimum atomic E-state index is -0.415. The molecule has 1 aliphatic heterocycles. The highest BCUT2D eigenvalue weighted by molar-refractivity contribution is 5.28. The Morgan fingerprint density at radius 1 is 1.27 bits per heavy atom. The molecule has 0 spiro atoms. The zero-order valence-electron chi connectivity index (χ0n) is 14.3. The number of benzene rings is 1. The number of nitrogens with one attached hydrogen (secondary N) is 1. The van der Waals surface area contributed by atoms with Crippen molar-refractivity contribution >= 4 is 0 Å². The van der Waals surface area contributed by atoms with Crippen LogP contribution in [-0.2, 0) is 6.54 Å². The number of hydrogen-bond donors (Lipinski definition) is 1. The van der Waals surface area contributed by atoms with Gasteiger partial charge in [-0.15, -0.1) is 0 Å². The summed E-state index contributed by atoms with van der Waals surface area (Å²) in [4.78, 5) is 18.6. The largest absolute Gasteiger partial charge is 0.434 e. The Morgan fingerprint density at radius 3 is 3.04 bits per heavy atom. The molecule has 0 saturated carbocycles. The van der Waals surface area contributed by atoms with Crippen molar-refractivity contribution in [3.63, 3.8) is 0 Å². The maximum Gasteiger partial charge on any atom is 0.238 e. The van der Waals surface area contributed by atoms with Crippen LogP contribution in [0.4, 0.5) is 4.39 Å². The number of halogens is 1. The van der Waals surface area contributed by atoms with Crippen molar-refractivity contribution in [2.45, 2.75) is 25.3 Å². The summed E-state index contributed by atoms with van der Waals surface area (Å²) >= 11 is 0. The number of rotatable bonds is 5. The zero-order valence-corrected chi connectivity index (χ0v) is 14.3. The molecule has 0 bridgehead atoms. The number of para-hydroxylation sites is 1. The van der Waals surface area contributed by atoms with Crippen LogP contribution < -0.4 is 4.74 Å². The first-order chi connectivity index (χ1) is 12.8. The second-order valence-corrected chi connectivity index (χ2v) is 6.42. The maximum absolute atomic E-state index is 13.8. The standard InChI is InChI=1S/C19H20FN5O/c20-15-5-1-2-6-17(15)26-19-11-21-10-16(24-19)14-4-3-9-25(12-14)13-18-22-7-8-23-18/h1-2,5-8,10-11,14H,3-4,9,12-13H2,(H,22,23)/t14-/m0/s1. The van der Waals surface area contributed by atoms with Gasteiger partial charge in [-0.3, -0.25) is 9.88 Å². The molecule has 6 nitrogen and oxygen atoms in total. The Bertz CT molecular complexity index is 855. The van der Waals surface area contributed by atoms with Gasteiger partial charge in [-0.2, -0.15) is 0 Å². The molecule has 1 saturated heterocycles. The van der Waals surface area contributed by atoms with E-state index in [1.807, 2.05) is 6.20 Å². The number of ether oxygens (including phenoxy) is 1. The lowest BCUT2D eigenvalue weighted by atomic mass is 9.95. The molecule has 26 heavy (non-hydrogen) atoms. The van der Waals surface area contributed by atoms with E-state index >= 15 is 0 Å². The first kappa shape index (κ1) is 16.7. The average Bonchev–Trinajstić information content (AvgIpc) is 3.17. The van der Waals surface area contributed by atoms with Crippen molar-refractivity contribution in [3.05, 3.63) is 66.4 Å². The highest BCUT2D eigenvalue weighted by Gasteiger charge is 2.23. The fraction of sp³-hybridized carbons (Fsp3) is 0.316. The molecule has 0 unspecified atom stereocenters. The van der Waals surface area contributed by atoms with Crippen LogP contribution in [0.1, 0.15) is 30.3 Å². The second kappa shape index (κ2) is 7.61. The minimum Gasteiger partial charge on any atom is -0.434 e. The summed E-state index contributed by atoms with van der Waals surface area (Å²) in [6.45, 7) is 2.72. The lowest BCUT2D eigenvalue weighted by molar-refractivity contribution is 0.194. The molecular formula is C19H20FN5O. The van der Waals surface area contributed by atoms with Crippen molar-refractivity contribution in [2.75, 3.05) is 13.1 Å². The number of hydrogen-bond acceptors (Lipinski definition) is 5. The molecular weight excluding hydrogens is 333 g/mol. The fourth-order valence-corrected chi connectivity index (χ4v) is 3.29. The summed E-state index contributed by atoms with van der Waals surface area (Å²) in [5.41, 5.74) is 0.878. The van der Waals surface area contributed by atoms with Gasteiger partial charge in [-0.25, -0.2) is 14.4 Å². The summed E-state index contributed by atoms with van der Waals surface area (Å²) < 4.78 is 19.3. The van der Waals surface area contributed by atoms with E-state index in [1.165, 1.54) is 12.3 Å². The number of aromatic amines is 1. The van der Waals surface area contributed by atoms with Gasteiger partial charge in [0.15, 0.2) is 11.6 Å². The molecule has 134 valence electrons. The Labute approximate surface area is 151 Å². The van der Waals surface area contributed by atoms with Gasteiger partial charge in [0, 0.05) is 31.1 Å². The summed E-state index contributed by atoms with van der Waals surface area (Å²) in [5, 5.41) is 0. The van der Waals surface area contributed by atoms with Crippen molar-refractivity contribution in [2.24, 2.45) is 0 Å². The van der Waals surface area contributed by atoms with Gasteiger partial charge in [-0.05, 0) is 31.5 Å². The lowest BCUT2D eigenvalue weighted by Crippen LogP contribution is -2.34. The number of imidazole rings is 1. The molecule has 3 aromatic rings. The number of nitrogens with zero attached hydrogens (tertiary/aromatic N) is 4. The van der Waals surface area contributed by atoms with E-state index in [9.17, 15) is 4.39 Å². The molecule has 2 aromatic heterocycles. The van der Waals surface area contributed by atoms with Crippen molar-refractivity contribution in [3.8, 4) is 11.6 Å². The number of piperidine rings is 1. The molecule has 3 heterocycles. The topological polar surface area (TPSA) is 66.9 Å². The minimum absolute atomic E-state index is 0.155. The SMILES string of the molecule is Fc1ccccc1Oc1cncc([C@H]2CCCN(Cc3ncc[nH]3)C2)n1. The van der Waals surface area contributed by atoms with Gasteiger partial charge in [0.1, 0.15) is 5.82 Å². The first-order valence-electron chi connectivity index (χ1n) is 8.73. The Balaban J connectivity index is 1.46. The van der Waals surface area contributed by atoms with Gasteiger partial charge in [0.2, 0.25) is 5.88 Å². The van der Waals surface area contributed by atoms with Crippen LogP contribution in [0.15, 0.2) is 49.1 Å². The third-order valence-electron chi connectivity index (χ3n) is 4.53. The van der Waals surface area contributed by atoms with Gasteiger partial charge in [0.05, 0.1) is 18.4 Å². The smallest absolute Gasteiger partial charge is 0.238 e.